The van der Waals surface area contributed by atoms with Crippen molar-refractivity contribution in [2.75, 3.05) is 14.2 Å². The first-order chi connectivity index (χ1) is 10.3. The highest BCUT2D eigenvalue weighted by molar-refractivity contribution is 5.40. The highest BCUT2D eigenvalue weighted by Gasteiger charge is 2.29. The van der Waals surface area contributed by atoms with Gasteiger partial charge in [-0.1, -0.05) is 11.2 Å². The van der Waals surface area contributed by atoms with Crippen molar-refractivity contribution in [1.82, 2.24) is 15.5 Å². The van der Waals surface area contributed by atoms with Crippen molar-refractivity contribution >= 4 is 0 Å². The van der Waals surface area contributed by atoms with Crippen LogP contribution in [-0.2, 0) is 13.2 Å². The van der Waals surface area contributed by atoms with Gasteiger partial charge in [0.05, 0.1) is 7.11 Å². The van der Waals surface area contributed by atoms with Crippen LogP contribution in [0.1, 0.15) is 36.0 Å². The van der Waals surface area contributed by atoms with Crippen molar-refractivity contribution in [3.8, 4) is 11.5 Å². The predicted molar refractivity (Wildman–Crippen MR) is 76.4 cm³/mol. The van der Waals surface area contributed by atoms with E-state index in [2.05, 4.69) is 15.5 Å². The van der Waals surface area contributed by atoms with E-state index in [1.165, 1.54) is 0 Å². The third-order valence-corrected chi connectivity index (χ3v) is 3.41. The summed E-state index contributed by atoms with van der Waals surface area (Å²) < 4.78 is 16.3. The van der Waals surface area contributed by atoms with Gasteiger partial charge in [0.15, 0.2) is 6.61 Å². The van der Waals surface area contributed by atoms with Crippen LogP contribution in [-0.4, -0.2) is 24.3 Å². The minimum atomic E-state index is 0.292. The zero-order valence-corrected chi connectivity index (χ0v) is 12.3. The van der Waals surface area contributed by atoms with Crippen molar-refractivity contribution < 1.29 is 14.0 Å². The molecule has 1 aromatic carbocycles. The van der Waals surface area contributed by atoms with Gasteiger partial charge in [-0.05, 0) is 26.0 Å². The maximum Gasteiger partial charge on any atom is 0.229 e. The Morgan fingerprint density at radius 1 is 1.38 bits per heavy atom. The third-order valence-electron chi connectivity index (χ3n) is 3.41. The number of hydrogen-bond donors (Lipinski definition) is 1. The molecule has 0 bridgehead atoms. The molecule has 1 aliphatic rings. The lowest BCUT2D eigenvalue weighted by molar-refractivity contribution is 0.280. The smallest absolute Gasteiger partial charge is 0.229 e. The first-order valence-corrected chi connectivity index (χ1v) is 7.07. The molecule has 112 valence electrons. The average molecular weight is 289 g/mol. The summed E-state index contributed by atoms with van der Waals surface area (Å²) >= 11 is 0. The van der Waals surface area contributed by atoms with Gasteiger partial charge in [-0.3, -0.25) is 0 Å². The van der Waals surface area contributed by atoms with Crippen LogP contribution in [0.4, 0.5) is 0 Å². The van der Waals surface area contributed by atoms with Crippen molar-refractivity contribution in [2.24, 2.45) is 0 Å². The number of benzene rings is 1. The highest BCUT2D eigenvalue weighted by Crippen LogP contribution is 2.38. The van der Waals surface area contributed by atoms with Gasteiger partial charge in [-0.2, -0.15) is 4.98 Å². The molecule has 1 aromatic heterocycles. The molecule has 1 fully saturated rings. The third kappa shape index (κ3) is 3.33. The average Bonchev–Trinajstić information content (AvgIpc) is 3.25. The Kier molecular flexibility index (Phi) is 4.06. The lowest BCUT2D eigenvalue weighted by Gasteiger charge is -2.11. The van der Waals surface area contributed by atoms with E-state index < -0.39 is 0 Å². The minimum Gasteiger partial charge on any atom is -0.497 e. The fourth-order valence-electron chi connectivity index (χ4n) is 2.10. The van der Waals surface area contributed by atoms with E-state index in [1.807, 2.05) is 25.2 Å². The molecule has 0 unspecified atom stereocenters. The minimum absolute atomic E-state index is 0.292. The Bertz CT molecular complexity index is 608. The van der Waals surface area contributed by atoms with E-state index in [0.29, 0.717) is 18.3 Å². The van der Waals surface area contributed by atoms with Crippen LogP contribution in [0, 0.1) is 0 Å². The first-order valence-electron chi connectivity index (χ1n) is 7.07. The van der Waals surface area contributed by atoms with E-state index in [-0.39, 0.29) is 0 Å². The summed E-state index contributed by atoms with van der Waals surface area (Å²) in [4.78, 5) is 4.36. The number of nitrogens with one attached hydrogen (secondary N) is 1. The lowest BCUT2D eigenvalue weighted by atomic mass is 10.2. The quantitative estimate of drug-likeness (QED) is 0.843. The van der Waals surface area contributed by atoms with Crippen LogP contribution in [0.5, 0.6) is 11.5 Å². The Morgan fingerprint density at radius 2 is 2.24 bits per heavy atom. The van der Waals surface area contributed by atoms with Gasteiger partial charge < -0.3 is 19.3 Å². The Morgan fingerprint density at radius 3 is 2.95 bits per heavy atom. The number of methoxy groups -OCH3 is 1. The topological polar surface area (TPSA) is 69.4 Å². The fraction of sp³-hybridized carbons (Fsp3) is 0.467. The molecular weight excluding hydrogens is 270 g/mol. The zero-order valence-electron chi connectivity index (χ0n) is 12.3. The SMILES string of the molecule is CNCc1ccc(OC)cc1OCc1noc(C2CC2)n1. The van der Waals surface area contributed by atoms with Gasteiger partial charge >= 0.3 is 0 Å². The molecule has 0 aliphatic heterocycles. The highest BCUT2D eigenvalue weighted by atomic mass is 16.5. The number of aromatic nitrogens is 2. The zero-order chi connectivity index (χ0) is 14.7. The van der Waals surface area contributed by atoms with Gasteiger partial charge in [0.1, 0.15) is 11.5 Å². The standard InChI is InChI=1S/C15H19N3O3/c1-16-8-11-5-6-12(19-2)7-13(11)20-9-14-17-15(21-18-14)10-3-4-10/h5-7,10,16H,3-4,8-9H2,1-2H3. The molecule has 6 nitrogen and oxygen atoms in total. The van der Waals surface area contributed by atoms with Crippen molar-refractivity contribution in [3.05, 3.63) is 35.5 Å². The molecule has 1 heterocycles. The van der Waals surface area contributed by atoms with Gasteiger partial charge in [0, 0.05) is 24.1 Å². The molecule has 0 amide bonds. The molecule has 0 spiro atoms. The Labute approximate surface area is 123 Å². The summed E-state index contributed by atoms with van der Waals surface area (Å²) in [6, 6.07) is 5.77. The summed E-state index contributed by atoms with van der Waals surface area (Å²) in [6.45, 7) is 1.01. The molecule has 0 radical (unpaired) electrons. The Hall–Kier alpha value is -2.08. The Balaban J connectivity index is 1.69. The van der Waals surface area contributed by atoms with E-state index >= 15 is 0 Å². The van der Waals surface area contributed by atoms with Gasteiger partial charge in [0.2, 0.25) is 11.7 Å². The summed E-state index contributed by atoms with van der Waals surface area (Å²) in [5.74, 6) is 3.30. The maximum absolute atomic E-state index is 5.83. The molecule has 2 aromatic rings. The second-order valence-corrected chi connectivity index (χ2v) is 5.12. The molecule has 1 saturated carbocycles. The summed E-state index contributed by atoms with van der Waals surface area (Å²) in [7, 11) is 3.53. The summed E-state index contributed by atoms with van der Waals surface area (Å²) in [5, 5.41) is 7.07. The summed E-state index contributed by atoms with van der Waals surface area (Å²) in [5.41, 5.74) is 1.06. The fourth-order valence-corrected chi connectivity index (χ4v) is 2.10. The van der Waals surface area contributed by atoms with Crippen LogP contribution >= 0.6 is 0 Å². The van der Waals surface area contributed by atoms with Crippen LogP contribution in [0.3, 0.4) is 0 Å². The van der Waals surface area contributed by atoms with Crippen LogP contribution in [0.15, 0.2) is 22.7 Å². The number of hydrogen-bond acceptors (Lipinski definition) is 6. The van der Waals surface area contributed by atoms with E-state index in [0.717, 1.165) is 42.3 Å². The van der Waals surface area contributed by atoms with Crippen molar-refractivity contribution in [2.45, 2.75) is 31.9 Å². The van der Waals surface area contributed by atoms with Crippen LogP contribution in [0.2, 0.25) is 0 Å². The molecule has 0 atom stereocenters. The van der Waals surface area contributed by atoms with E-state index in [4.69, 9.17) is 14.0 Å². The molecule has 3 rings (SSSR count). The second kappa shape index (κ2) is 6.13. The number of ether oxygens (including phenoxy) is 2. The summed E-state index contributed by atoms with van der Waals surface area (Å²) in [6.07, 6.45) is 2.29. The van der Waals surface area contributed by atoms with Gasteiger partial charge in [0.25, 0.3) is 0 Å². The second-order valence-electron chi connectivity index (χ2n) is 5.12. The largest absolute Gasteiger partial charge is 0.497 e. The van der Waals surface area contributed by atoms with Gasteiger partial charge in [-0.15, -0.1) is 0 Å². The van der Waals surface area contributed by atoms with Crippen molar-refractivity contribution in [1.29, 1.82) is 0 Å². The van der Waals surface area contributed by atoms with E-state index in [1.54, 1.807) is 7.11 Å². The first kappa shape index (κ1) is 13.9. The van der Waals surface area contributed by atoms with E-state index in [9.17, 15) is 0 Å². The maximum atomic E-state index is 5.83. The monoisotopic (exact) mass is 289 g/mol. The molecular formula is C15H19N3O3. The molecule has 6 heteroatoms. The molecule has 21 heavy (non-hydrogen) atoms. The molecule has 0 saturated heterocycles. The number of rotatable bonds is 7. The van der Waals surface area contributed by atoms with Crippen LogP contribution in [0.25, 0.3) is 0 Å². The molecule has 1 N–H and O–H groups in total. The van der Waals surface area contributed by atoms with Crippen molar-refractivity contribution in [3.63, 3.8) is 0 Å². The van der Waals surface area contributed by atoms with Gasteiger partial charge in [-0.25, -0.2) is 0 Å². The number of nitrogens with zero attached hydrogens (tertiary/aromatic N) is 2. The lowest BCUT2D eigenvalue weighted by Crippen LogP contribution is -2.08. The van der Waals surface area contributed by atoms with Crippen LogP contribution < -0.4 is 14.8 Å². The molecule has 1 aliphatic carbocycles. The normalized spacial score (nSPS) is 14.2. The predicted octanol–water partition coefficient (Wildman–Crippen LogP) is 2.25.